The smallest absolute Gasteiger partial charge is 0.223 e. The Morgan fingerprint density at radius 3 is 2.92 bits per heavy atom. The number of thioether (sulfide) groups is 1. The van der Waals surface area contributed by atoms with Gasteiger partial charge in [0, 0.05) is 30.0 Å². The minimum Gasteiger partial charge on any atom is -0.338 e. The molecule has 1 rings (SSSR count). The van der Waals surface area contributed by atoms with Gasteiger partial charge in [0.15, 0.2) is 0 Å². The van der Waals surface area contributed by atoms with Gasteiger partial charge in [-0.3, -0.25) is 4.79 Å². The zero-order valence-corrected chi connectivity index (χ0v) is 9.90. The molecule has 0 bridgehead atoms. The Hall–Kier alpha value is 0.170. The lowest BCUT2D eigenvalue weighted by atomic mass is 10.2. The molecule has 1 aliphatic heterocycles. The predicted molar refractivity (Wildman–Crippen MR) is 61.6 cm³/mol. The standard InChI is InChI=1S/C9H17NOS2/c1-7-8(2)13-6-4-10(7)9(11)3-5-12/h7-8,12H,3-6H2,1-2H3. The van der Waals surface area contributed by atoms with Crippen molar-refractivity contribution >= 4 is 30.3 Å². The van der Waals surface area contributed by atoms with Gasteiger partial charge in [-0.05, 0) is 12.7 Å². The number of hydrogen-bond acceptors (Lipinski definition) is 3. The highest BCUT2D eigenvalue weighted by molar-refractivity contribution is 8.00. The van der Waals surface area contributed by atoms with Crippen LogP contribution >= 0.6 is 24.4 Å². The monoisotopic (exact) mass is 219 g/mol. The van der Waals surface area contributed by atoms with Gasteiger partial charge in [0.25, 0.3) is 0 Å². The molecule has 0 aromatic heterocycles. The van der Waals surface area contributed by atoms with Crippen LogP contribution in [0.1, 0.15) is 20.3 Å². The van der Waals surface area contributed by atoms with Crippen LogP contribution in [0.15, 0.2) is 0 Å². The van der Waals surface area contributed by atoms with Crippen molar-refractivity contribution < 1.29 is 4.79 Å². The maximum Gasteiger partial charge on any atom is 0.223 e. The third-order valence-electron chi connectivity index (χ3n) is 2.53. The van der Waals surface area contributed by atoms with E-state index in [4.69, 9.17) is 0 Å². The third-order valence-corrected chi connectivity index (χ3v) is 4.09. The highest BCUT2D eigenvalue weighted by Crippen LogP contribution is 2.24. The molecule has 0 spiro atoms. The summed E-state index contributed by atoms with van der Waals surface area (Å²) in [5, 5.41) is 0.567. The number of carbonyl (C=O) groups is 1. The molecule has 13 heavy (non-hydrogen) atoms. The lowest BCUT2D eigenvalue weighted by molar-refractivity contribution is -0.132. The third kappa shape index (κ3) is 2.81. The molecule has 1 aliphatic rings. The molecule has 1 heterocycles. The predicted octanol–water partition coefficient (Wildman–Crippen LogP) is 1.66. The summed E-state index contributed by atoms with van der Waals surface area (Å²) in [6.07, 6.45) is 0.574. The van der Waals surface area contributed by atoms with E-state index in [9.17, 15) is 4.79 Å². The first-order valence-corrected chi connectivity index (χ1v) is 6.37. The molecule has 1 saturated heterocycles. The van der Waals surface area contributed by atoms with Crippen LogP contribution < -0.4 is 0 Å². The van der Waals surface area contributed by atoms with Crippen LogP contribution in [-0.2, 0) is 4.79 Å². The fourth-order valence-electron chi connectivity index (χ4n) is 1.52. The molecular formula is C9H17NOS2. The lowest BCUT2D eigenvalue weighted by Gasteiger charge is -2.37. The maximum absolute atomic E-state index is 11.6. The van der Waals surface area contributed by atoms with Gasteiger partial charge < -0.3 is 4.90 Å². The molecule has 76 valence electrons. The van der Waals surface area contributed by atoms with E-state index in [1.54, 1.807) is 0 Å². The van der Waals surface area contributed by atoms with Gasteiger partial charge in [-0.15, -0.1) is 0 Å². The molecule has 0 radical (unpaired) electrons. The highest BCUT2D eigenvalue weighted by Gasteiger charge is 2.27. The van der Waals surface area contributed by atoms with Crippen molar-refractivity contribution in [2.45, 2.75) is 31.6 Å². The van der Waals surface area contributed by atoms with E-state index < -0.39 is 0 Å². The summed E-state index contributed by atoms with van der Waals surface area (Å²) < 4.78 is 0. The van der Waals surface area contributed by atoms with Crippen molar-refractivity contribution in [2.75, 3.05) is 18.1 Å². The summed E-state index contributed by atoms with van der Waals surface area (Å²) in [7, 11) is 0. The number of nitrogens with zero attached hydrogens (tertiary/aromatic N) is 1. The molecular weight excluding hydrogens is 202 g/mol. The Morgan fingerprint density at radius 1 is 1.62 bits per heavy atom. The Labute approximate surface area is 89.9 Å². The van der Waals surface area contributed by atoms with Crippen molar-refractivity contribution in [3.8, 4) is 0 Å². The van der Waals surface area contributed by atoms with Gasteiger partial charge in [0.05, 0.1) is 0 Å². The first-order valence-electron chi connectivity index (χ1n) is 4.68. The molecule has 0 aromatic rings. The van der Waals surface area contributed by atoms with Gasteiger partial charge in [0.2, 0.25) is 5.91 Å². The number of rotatable bonds is 2. The van der Waals surface area contributed by atoms with E-state index in [0.717, 1.165) is 12.3 Å². The summed E-state index contributed by atoms with van der Waals surface area (Å²) >= 11 is 6.03. The van der Waals surface area contributed by atoms with E-state index in [1.165, 1.54) is 0 Å². The van der Waals surface area contributed by atoms with Crippen molar-refractivity contribution in [3.63, 3.8) is 0 Å². The topological polar surface area (TPSA) is 20.3 Å². The largest absolute Gasteiger partial charge is 0.338 e. The molecule has 0 saturated carbocycles. The highest BCUT2D eigenvalue weighted by atomic mass is 32.2. The van der Waals surface area contributed by atoms with Crippen LogP contribution in [-0.4, -0.2) is 40.1 Å². The fraction of sp³-hybridized carbons (Fsp3) is 0.889. The minimum absolute atomic E-state index is 0.259. The Kier molecular flexibility index (Phi) is 4.46. The van der Waals surface area contributed by atoms with Crippen molar-refractivity contribution in [2.24, 2.45) is 0 Å². The number of hydrogen-bond donors (Lipinski definition) is 1. The van der Waals surface area contributed by atoms with E-state index in [0.29, 0.717) is 23.5 Å². The molecule has 2 unspecified atom stereocenters. The molecule has 4 heteroatoms. The lowest BCUT2D eigenvalue weighted by Crippen LogP contribution is -2.48. The molecule has 0 N–H and O–H groups in total. The van der Waals surface area contributed by atoms with Gasteiger partial charge >= 0.3 is 0 Å². The van der Waals surface area contributed by atoms with Crippen LogP contribution in [0.2, 0.25) is 0 Å². The minimum atomic E-state index is 0.259. The maximum atomic E-state index is 11.6. The van der Waals surface area contributed by atoms with Crippen LogP contribution in [0, 0.1) is 0 Å². The zero-order valence-electron chi connectivity index (χ0n) is 8.19. The van der Waals surface area contributed by atoms with Crippen molar-refractivity contribution in [1.82, 2.24) is 4.90 Å². The second-order valence-corrected chi connectivity index (χ2v) is 5.31. The van der Waals surface area contributed by atoms with Crippen LogP contribution in [0.3, 0.4) is 0 Å². The number of carbonyl (C=O) groups excluding carboxylic acids is 1. The number of amides is 1. The van der Waals surface area contributed by atoms with Crippen molar-refractivity contribution in [1.29, 1.82) is 0 Å². The van der Waals surface area contributed by atoms with Gasteiger partial charge in [-0.25, -0.2) is 0 Å². The van der Waals surface area contributed by atoms with Gasteiger partial charge in [-0.2, -0.15) is 24.4 Å². The van der Waals surface area contributed by atoms with Crippen LogP contribution in [0.5, 0.6) is 0 Å². The van der Waals surface area contributed by atoms with Crippen molar-refractivity contribution in [3.05, 3.63) is 0 Å². The average molecular weight is 219 g/mol. The summed E-state index contributed by atoms with van der Waals surface area (Å²) in [4.78, 5) is 13.6. The normalized spacial score (nSPS) is 29.0. The molecule has 0 aliphatic carbocycles. The average Bonchev–Trinajstić information content (AvgIpc) is 2.10. The summed E-state index contributed by atoms with van der Waals surface area (Å²) in [5.41, 5.74) is 0. The van der Waals surface area contributed by atoms with E-state index in [2.05, 4.69) is 26.5 Å². The van der Waals surface area contributed by atoms with Crippen LogP contribution in [0.25, 0.3) is 0 Å². The SMILES string of the molecule is CC1SCCN(C(=O)CCS)C1C. The quantitative estimate of drug-likeness (QED) is 0.713. The molecule has 0 aromatic carbocycles. The molecule has 1 fully saturated rings. The van der Waals surface area contributed by atoms with Crippen LogP contribution in [0.4, 0.5) is 0 Å². The second kappa shape index (κ2) is 5.15. The van der Waals surface area contributed by atoms with E-state index >= 15 is 0 Å². The zero-order chi connectivity index (χ0) is 9.84. The van der Waals surface area contributed by atoms with Gasteiger partial charge in [0.1, 0.15) is 0 Å². The summed E-state index contributed by atoms with van der Waals surface area (Å²) in [6, 6.07) is 0.381. The first kappa shape index (κ1) is 11.2. The summed E-state index contributed by atoms with van der Waals surface area (Å²) in [5.74, 6) is 1.99. The number of thiol groups is 1. The molecule has 2 nitrogen and oxygen atoms in total. The summed E-state index contributed by atoms with van der Waals surface area (Å²) in [6.45, 7) is 5.23. The molecule has 2 atom stereocenters. The Morgan fingerprint density at radius 2 is 2.31 bits per heavy atom. The molecule has 1 amide bonds. The first-order chi connectivity index (χ1) is 6.16. The second-order valence-electron chi connectivity index (χ2n) is 3.38. The van der Waals surface area contributed by atoms with E-state index in [1.807, 2.05) is 16.7 Å². The van der Waals surface area contributed by atoms with E-state index in [-0.39, 0.29) is 5.91 Å². The fourth-order valence-corrected chi connectivity index (χ4v) is 2.81. The van der Waals surface area contributed by atoms with Gasteiger partial charge in [-0.1, -0.05) is 6.92 Å². The Bertz CT molecular complexity index is 186. The Balaban J connectivity index is 2.52.